The highest BCUT2D eigenvalue weighted by Crippen LogP contribution is 2.53. The van der Waals surface area contributed by atoms with Gasteiger partial charge in [-0.25, -0.2) is 12.8 Å². The number of halogens is 4. The molecular formula is C18H24F4N2O2S. The number of hydrogen-bond acceptors (Lipinski definition) is 3. The van der Waals surface area contributed by atoms with E-state index in [1.807, 2.05) is 0 Å². The average molecular weight is 408 g/mol. The van der Waals surface area contributed by atoms with Crippen molar-refractivity contribution in [3.63, 3.8) is 0 Å². The van der Waals surface area contributed by atoms with Gasteiger partial charge in [0.2, 0.25) is 10.0 Å². The molecule has 27 heavy (non-hydrogen) atoms. The van der Waals surface area contributed by atoms with Crippen LogP contribution in [0.15, 0.2) is 18.2 Å². The van der Waals surface area contributed by atoms with Gasteiger partial charge in [0.1, 0.15) is 5.82 Å². The molecule has 1 N–H and O–H groups in total. The SMILES string of the molecule is CCS(=O)(=O)N(CC[C@@H]1CCCN1)C1(c2ccc(F)c(C(F)(F)F)c2)CC1. The van der Waals surface area contributed by atoms with Gasteiger partial charge < -0.3 is 5.32 Å². The lowest BCUT2D eigenvalue weighted by molar-refractivity contribution is -0.140. The van der Waals surface area contributed by atoms with E-state index in [-0.39, 0.29) is 23.9 Å². The van der Waals surface area contributed by atoms with Gasteiger partial charge in [-0.1, -0.05) is 6.07 Å². The summed E-state index contributed by atoms with van der Waals surface area (Å²) < 4.78 is 79.8. The Morgan fingerprint density at radius 3 is 2.52 bits per heavy atom. The van der Waals surface area contributed by atoms with E-state index in [1.54, 1.807) is 0 Å². The van der Waals surface area contributed by atoms with Crippen LogP contribution in [0, 0.1) is 5.82 Å². The minimum absolute atomic E-state index is 0.125. The van der Waals surface area contributed by atoms with Crippen LogP contribution in [0.1, 0.15) is 50.2 Å². The summed E-state index contributed by atoms with van der Waals surface area (Å²) in [6.45, 7) is 2.66. The van der Waals surface area contributed by atoms with Crippen molar-refractivity contribution < 1.29 is 26.0 Å². The third-order valence-electron chi connectivity index (χ3n) is 5.55. The molecule has 1 aliphatic carbocycles. The zero-order chi connectivity index (χ0) is 19.9. The molecule has 0 amide bonds. The lowest BCUT2D eigenvalue weighted by atomic mass is 10.0. The quantitative estimate of drug-likeness (QED) is 0.701. The van der Waals surface area contributed by atoms with Crippen molar-refractivity contribution in [2.24, 2.45) is 0 Å². The maximum absolute atomic E-state index is 13.7. The molecular weight excluding hydrogens is 384 g/mol. The Hall–Kier alpha value is -1.19. The number of rotatable bonds is 7. The predicted octanol–water partition coefficient (Wildman–Crippen LogP) is 3.63. The van der Waals surface area contributed by atoms with E-state index in [0.717, 1.165) is 31.5 Å². The molecule has 0 spiro atoms. The largest absolute Gasteiger partial charge is 0.419 e. The molecule has 1 heterocycles. The lowest BCUT2D eigenvalue weighted by Crippen LogP contribution is -2.43. The molecule has 4 nitrogen and oxygen atoms in total. The molecule has 152 valence electrons. The summed E-state index contributed by atoms with van der Waals surface area (Å²) in [6.07, 6.45) is -1.35. The molecule has 1 aliphatic heterocycles. The highest BCUT2D eigenvalue weighted by molar-refractivity contribution is 7.89. The standard InChI is InChI=1S/C18H24F4N2O2S/c1-2-27(25,26)24(11-7-14-4-3-10-23-14)17(8-9-17)13-5-6-16(19)15(12-13)18(20,21)22/h5-6,12,14,23H,2-4,7-11H2,1H3/t14-/m0/s1. The fraction of sp³-hybridized carbons (Fsp3) is 0.667. The van der Waals surface area contributed by atoms with Gasteiger partial charge in [0.15, 0.2) is 0 Å². The van der Waals surface area contributed by atoms with E-state index < -0.39 is 33.1 Å². The van der Waals surface area contributed by atoms with Gasteiger partial charge in [-0.05, 0) is 63.3 Å². The van der Waals surface area contributed by atoms with Crippen molar-refractivity contribution in [2.75, 3.05) is 18.8 Å². The van der Waals surface area contributed by atoms with Crippen molar-refractivity contribution in [1.82, 2.24) is 9.62 Å². The molecule has 1 saturated heterocycles. The summed E-state index contributed by atoms with van der Waals surface area (Å²) in [5, 5.41) is 3.31. The first-order valence-electron chi connectivity index (χ1n) is 9.21. The highest BCUT2D eigenvalue weighted by Gasteiger charge is 2.54. The first kappa shape index (κ1) is 20.5. The topological polar surface area (TPSA) is 49.4 Å². The van der Waals surface area contributed by atoms with Gasteiger partial charge in [-0.15, -0.1) is 0 Å². The Morgan fingerprint density at radius 1 is 1.30 bits per heavy atom. The Kier molecular flexibility index (Phi) is 5.58. The molecule has 0 aromatic heterocycles. The smallest absolute Gasteiger partial charge is 0.314 e. The van der Waals surface area contributed by atoms with Gasteiger partial charge >= 0.3 is 6.18 Å². The van der Waals surface area contributed by atoms with Gasteiger partial charge in [0.25, 0.3) is 0 Å². The molecule has 2 aliphatic rings. The molecule has 0 radical (unpaired) electrons. The second-order valence-electron chi connectivity index (χ2n) is 7.28. The van der Waals surface area contributed by atoms with Crippen LogP contribution >= 0.6 is 0 Å². The summed E-state index contributed by atoms with van der Waals surface area (Å²) in [6, 6.07) is 3.06. The molecule has 0 unspecified atom stereocenters. The van der Waals surface area contributed by atoms with Crippen molar-refractivity contribution in [3.8, 4) is 0 Å². The van der Waals surface area contributed by atoms with E-state index >= 15 is 0 Å². The number of nitrogens with zero attached hydrogens (tertiary/aromatic N) is 1. The Labute approximate surface area is 157 Å². The molecule has 0 bridgehead atoms. The fourth-order valence-electron chi connectivity index (χ4n) is 3.88. The van der Waals surface area contributed by atoms with Crippen LogP contribution < -0.4 is 5.32 Å². The zero-order valence-corrected chi connectivity index (χ0v) is 16.0. The normalized spacial score (nSPS) is 22.4. The van der Waals surface area contributed by atoms with Gasteiger partial charge in [0.05, 0.1) is 16.9 Å². The first-order chi connectivity index (χ1) is 12.6. The Balaban J connectivity index is 1.93. The predicted molar refractivity (Wildman–Crippen MR) is 94.1 cm³/mol. The van der Waals surface area contributed by atoms with E-state index in [2.05, 4.69) is 5.32 Å². The van der Waals surface area contributed by atoms with E-state index in [0.29, 0.717) is 19.3 Å². The highest BCUT2D eigenvalue weighted by atomic mass is 32.2. The van der Waals surface area contributed by atoms with E-state index in [9.17, 15) is 26.0 Å². The first-order valence-corrected chi connectivity index (χ1v) is 10.8. The number of sulfonamides is 1. The minimum atomic E-state index is -4.82. The van der Waals surface area contributed by atoms with Crippen molar-refractivity contribution in [1.29, 1.82) is 0 Å². The third kappa shape index (κ3) is 4.14. The van der Waals surface area contributed by atoms with Crippen LogP contribution in [0.5, 0.6) is 0 Å². The zero-order valence-electron chi connectivity index (χ0n) is 15.2. The maximum atomic E-state index is 13.7. The molecule has 1 aromatic carbocycles. The molecule has 9 heteroatoms. The second kappa shape index (κ2) is 7.33. The summed E-state index contributed by atoms with van der Waals surface area (Å²) in [4.78, 5) is 0. The number of nitrogens with one attached hydrogen (secondary N) is 1. The van der Waals surface area contributed by atoms with Crippen LogP contribution in [-0.4, -0.2) is 37.6 Å². The van der Waals surface area contributed by atoms with Crippen molar-refractivity contribution >= 4 is 10.0 Å². The van der Waals surface area contributed by atoms with E-state index in [4.69, 9.17) is 0 Å². The van der Waals surface area contributed by atoms with E-state index in [1.165, 1.54) is 17.3 Å². The summed E-state index contributed by atoms with van der Waals surface area (Å²) >= 11 is 0. The van der Waals surface area contributed by atoms with Crippen LogP contribution in [0.3, 0.4) is 0 Å². The Morgan fingerprint density at radius 2 is 2.00 bits per heavy atom. The van der Waals surface area contributed by atoms with Crippen molar-refractivity contribution in [2.45, 2.75) is 56.8 Å². The molecule has 1 aromatic rings. The van der Waals surface area contributed by atoms with Crippen molar-refractivity contribution in [3.05, 3.63) is 35.1 Å². The summed E-state index contributed by atoms with van der Waals surface area (Å²) in [7, 11) is -3.62. The maximum Gasteiger partial charge on any atom is 0.419 e. The summed E-state index contributed by atoms with van der Waals surface area (Å²) in [5.74, 6) is -1.47. The minimum Gasteiger partial charge on any atom is -0.314 e. The average Bonchev–Trinajstić information content (AvgIpc) is 3.21. The fourth-order valence-corrected chi connectivity index (χ4v) is 5.40. The lowest BCUT2D eigenvalue weighted by Gasteiger charge is -2.32. The number of alkyl halides is 3. The second-order valence-corrected chi connectivity index (χ2v) is 9.46. The van der Waals surface area contributed by atoms with Gasteiger partial charge in [-0.2, -0.15) is 17.5 Å². The molecule has 2 fully saturated rings. The van der Waals surface area contributed by atoms with Gasteiger partial charge in [0, 0.05) is 12.6 Å². The van der Waals surface area contributed by atoms with Crippen LogP contribution in [-0.2, 0) is 21.7 Å². The monoisotopic (exact) mass is 408 g/mol. The number of hydrogen-bond donors (Lipinski definition) is 1. The molecule has 1 atom stereocenters. The third-order valence-corrected chi connectivity index (χ3v) is 7.49. The van der Waals surface area contributed by atoms with Crippen LogP contribution in [0.25, 0.3) is 0 Å². The summed E-state index contributed by atoms with van der Waals surface area (Å²) in [5.41, 5.74) is -2.13. The molecule has 1 saturated carbocycles. The van der Waals surface area contributed by atoms with Crippen LogP contribution in [0.2, 0.25) is 0 Å². The Bertz CT molecular complexity index is 785. The van der Waals surface area contributed by atoms with Gasteiger partial charge in [-0.3, -0.25) is 0 Å². The van der Waals surface area contributed by atoms with Crippen LogP contribution in [0.4, 0.5) is 17.6 Å². The molecule has 3 rings (SSSR count). The number of benzene rings is 1.